The number of benzene rings is 2. The molecule has 2 aliphatic rings. The minimum Gasteiger partial charge on any atom is -0.346 e. The van der Waals surface area contributed by atoms with Crippen molar-refractivity contribution in [2.45, 2.75) is 38.6 Å². The predicted molar refractivity (Wildman–Crippen MR) is 112 cm³/mol. The van der Waals surface area contributed by atoms with Crippen LogP contribution in [0.2, 0.25) is 0 Å². The smallest absolute Gasteiger partial charge is 0.251 e. The number of nitrogens with one attached hydrogen (secondary N) is 2. The summed E-state index contributed by atoms with van der Waals surface area (Å²) in [5.74, 6) is 0.219. The van der Waals surface area contributed by atoms with Crippen LogP contribution in [0.5, 0.6) is 0 Å². The fourth-order valence-corrected chi connectivity index (χ4v) is 3.52. The SMILES string of the molecule is CC(NC(=O)c1ccc(N2CCCC2=O)cc1)c1ccc(NC(=O)C2CC2)cc1. The van der Waals surface area contributed by atoms with Gasteiger partial charge in [0.15, 0.2) is 0 Å². The van der Waals surface area contributed by atoms with Gasteiger partial charge in [-0.15, -0.1) is 0 Å². The van der Waals surface area contributed by atoms with E-state index in [9.17, 15) is 14.4 Å². The minimum absolute atomic E-state index is 0.0816. The van der Waals surface area contributed by atoms with Crippen molar-refractivity contribution in [3.63, 3.8) is 0 Å². The molecule has 29 heavy (non-hydrogen) atoms. The molecule has 1 saturated heterocycles. The Morgan fingerprint density at radius 2 is 1.72 bits per heavy atom. The fourth-order valence-electron chi connectivity index (χ4n) is 3.52. The molecule has 1 aliphatic heterocycles. The van der Waals surface area contributed by atoms with Crippen LogP contribution in [-0.4, -0.2) is 24.3 Å². The number of carbonyl (C=O) groups is 3. The molecule has 4 rings (SSSR count). The molecule has 2 fully saturated rings. The van der Waals surface area contributed by atoms with E-state index in [0.29, 0.717) is 12.0 Å². The van der Waals surface area contributed by atoms with Gasteiger partial charge in [-0.25, -0.2) is 0 Å². The van der Waals surface area contributed by atoms with Gasteiger partial charge in [-0.05, 0) is 68.1 Å². The van der Waals surface area contributed by atoms with Gasteiger partial charge in [0.1, 0.15) is 0 Å². The van der Waals surface area contributed by atoms with Crippen molar-refractivity contribution in [1.82, 2.24) is 5.32 Å². The lowest BCUT2D eigenvalue weighted by atomic mass is 10.1. The molecule has 2 N–H and O–H groups in total. The Morgan fingerprint density at radius 1 is 1.03 bits per heavy atom. The van der Waals surface area contributed by atoms with Gasteiger partial charge >= 0.3 is 0 Å². The van der Waals surface area contributed by atoms with Crippen LogP contribution in [0.1, 0.15) is 54.6 Å². The summed E-state index contributed by atoms with van der Waals surface area (Å²) >= 11 is 0. The molecule has 0 spiro atoms. The molecule has 0 bridgehead atoms. The molecule has 3 amide bonds. The highest BCUT2D eigenvalue weighted by Crippen LogP contribution is 2.30. The Bertz CT molecular complexity index is 917. The number of carbonyl (C=O) groups excluding carboxylic acids is 3. The lowest BCUT2D eigenvalue weighted by molar-refractivity contribution is -0.118. The number of hydrogen-bond donors (Lipinski definition) is 2. The average Bonchev–Trinajstić information content (AvgIpc) is 3.50. The van der Waals surface area contributed by atoms with Gasteiger partial charge in [0.25, 0.3) is 5.91 Å². The largest absolute Gasteiger partial charge is 0.346 e. The molecule has 6 heteroatoms. The van der Waals surface area contributed by atoms with Crippen molar-refractivity contribution >= 4 is 29.1 Å². The molecule has 1 heterocycles. The molecule has 2 aromatic rings. The normalized spacial score (nSPS) is 17.1. The van der Waals surface area contributed by atoms with E-state index in [2.05, 4.69) is 10.6 Å². The summed E-state index contributed by atoms with van der Waals surface area (Å²) in [6, 6.07) is 14.5. The second-order valence-electron chi connectivity index (χ2n) is 7.78. The highest BCUT2D eigenvalue weighted by atomic mass is 16.2. The summed E-state index contributed by atoms with van der Waals surface area (Å²) < 4.78 is 0. The zero-order chi connectivity index (χ0) is 20.4. The Hall–Kier alpha value is -3.15. The zero-order valence-electron chi connectivity index (χ0n) is 16.5. The van der Waals surface area contributed by atoms with E-state index in [1.54, 1.807) is 17.0 Å². The topological polar surface area (TPSA) is 78.5 Å². The van der Waals surface area contributed by atoms with Crippen LogP contribution in [0.25, 0.3) is 0 Å². The monoisotopic (exact) mass is 391 g/mol. The molecule has 1 saturated carbocycles. The van der Waals surface area contributed by atoms with Crippen LogP contribution in [0.3, 0.4) is 0 Å². The Kier molecular flexibility index (Phi) is 5.34. The van der Waals surface area contributed by atoms with Gasteiger partial charge in [-0.3, -0.25) is 14.4 Å². The standard InChI is InChI=1S/C23H25N3O3/c1-15(16-6-10-19(11-7-16)25-23(29)17-4-5-17)24-22(28)18-8-12-20(13-9-18)26-14-2-3-21(26)27/h6-13,15,17H,2-5,14H2,1H3,(H,24,28)(H,25,29). The van der Waals surface area contributed by atoms with E-state index >= 15 is 0 Å². The maximum Gasteiger partial charge on any atom is 0.251 e. The van der Waals surface area contributed by atoms with Crippen LogP contribution in [0.15, 0.2) is 48.5 Å². The summed E-state index contributed by atoms with van der Waals surface area (Å²) in [4.78, 5) is 38.0. The van der Waals surface area contributed by atoms with Crippen molar-refractivity contribution in [2.75, 3.05) is 16.8 Å². The predicted octanol–water partition coefficient (Wildman–Crippen LogP) is 3.65. The quantitative estimate of drug-likeness (QED) is 0.789. The summed E-state index contributed by atoms with van der Waals surface area (Å²) in [7, 11) is 0. The first kappa shape index (κ1) is 19.2. The Balaban J connectivity index is 1.35. The molecule has 2 aromatic carbocycles. The van der Waals surface area contributed by atoms with Crippen molar-refractivity contribution in [1.29, 1.82) is 0 Å². The van der Waals surface area contributed by atoms with Crippen molar-refractivity contribution in [3.05, 3.63) is 59.7 Å². The highest BCUT2D eigenvalue weighted by molar-refractivity contribution is 5.97. The molecule has 1 atom stereocenters. The number of nitrogens with zero attached hydrogens (tertiary/aromatic N) is 1. The number of hydrogen-bond acceptors (Lipinski definition) is 3. The number of rotatable bonds is 6. The van der Waals surface area contributed by atoms with E-state index in [1.807, 2.05) is 43.3 Å². The van der Waals surface area contributed by atoms with Gasteiger partial charge in [0.05, 0.1) is 6.04 Å². The molecular weight excluding hydrogens is 366 g/mol. The lowest BCUT2D eigenvalue weighted by Gasteiger charge is -2.17. The molecule has 6 nitrogen and oxygen atoms in total. The maximum atomic E-state index is 12.6. The van der Waals surface area contributed by atoms with Crippen molar-refractivity contribution in [3.8, 4) is 0 Å². The minimum atomic E-state index is -0.171. The van der Waals surface area contributed by atoms with E-state index < -0.39 is 0 Å². The molecule has 1 aliphatic carbocycles. The van der Waals surface area contributed by atoms with Gasteiger partial charge in [-0.2, -0.15) is 0 Å². The molecule has 0 radical (unpaired) electrons. The third-order valence-corrected chi connectivity index (χ3v) is 5.49. The van der Waals surface area contributed by atoms with Crippen LogP contribution in [0.4, 0.5) is 11.4 Å². The van der Waals surface area contributed by atoms with E-state index in [1.165, 1.54) is 0 Å². The van der Waals surface area contributed by atoms with Crippen LogP contribution in [0, 0.1) is 5.92 Å². The maximum absolute atomic E-state index is 12.6. The van der Waals surface area contributed by atoms with Crippen molar-refractivity contribution < 1.29 is 14.4 Å². The van der Waals surface area contributed by atoms with Gasteiger partial charge in [0, 0.05) is 35.8 Å². The lowest BCUT2D eigenvalue weighted by Crippen LogP contribution is -2.27. The van der Waals surface area contributed by atoms with E-state index in [4.69, 9.17) is 0 Å². The third-order valence-electron chi connectivity index (χ3n) is 5.49. The average molecular weight is 391 g/mol. The Morgan fingerprint density at radius 3 is 2.31 bits per heavy atom. The second-order valence-corrected chi connectivity index (χ2v) is 7.78. The van der Waals surface area contributed by atoms with Crippen LogP contribution < -0.4 is 15.5 Å². The molecule has 0 aromatic heterocycles. The third kappa shape index (κ3) is 4.47. The molecule has 1 unspecified atom stereocenters. The van der Waals surface area contributed by atoms with Crippen LogP contribution >= 0.6 is 0 Å². The Labute approximate surface area is 170 Å². The highest BCUT2D eigenvalue weighted by Gasteiger charge is 2.29. The van der Waals surface area contributed by atoms with Gasteiger partial charge in [-0.1, -0.05) is 12.1 Å². The number of anilines is 2. The van der Waals surface area contributed by atoms with E-state index in [-0.39, 0.29) is 29.7 Å². The summed E-state index contributed by atoms with van der Waals surface area (Å²) in [6.07, 6.45) is 3.41. The summed E-state index contributed by atoms with van der Waals surface area (Å²) in [6.45, 7) is 2.66. The summed E-state index contributed by atoms with van der Waals surface area (Å²) in [5, 5.41) is 5.91. The second kappa shape index (κ2) is 8.07. The fraction of sp³-hybridized carbons (Fsp3) is 0.348. The number of amides is 3. The van der Waals surface area contributed by atoms with Gasteiger partial charge in [0.2, 0.25) is 11.8 Å². The summed E-state index contributed by atoms with van der Waals surface area (Å²) in [5.41, 5.74) is 3.12. The van der Waals surface area contributed by atoms with Crippen LogP contribution in [-0.2, 0) is 9.59 Å². The van der Waals surface area contributed by atoms with E-state index in [0.717, 1.165) is 42.7 Å². The molecule has 150 valence electrons. The molecular formula is C23H25N3O3. The van der Waals surface area contributed by atoms with Gasteiger partial charge < -0.3 is 15.5 Å². The first-order chi connectivity index (χ1) is 14.0. The first-order valence-electron chi connectivity index (χ1n) is 10.1. The zero-order valence-corrected chi connectivity index (χ0v) is 16.5. The van der Waals surface area contributed by atoms with Crippen molar-refractivity contribution in [2.24, 2.45) is 5.92 Å². The first-order valence-corrected chi connectivity index (χ1v) is 10.1.